The molecule has 0 heterocycles. The van der Waals surface area contributed by atoms with E-state index in [1.807, 2.05) is 0 Å². The second-order valence-electron chi connectivity index (χ2n) is 6.14. The molecule has 0 fully saturated rings. The fourth-order valence-electron chi connectivity index (χ4n) is 1.86. The van der Waals surface area contributed by atoms with Crippen LogP contribution in [0, 0.1) is 0 Å². The summed E-state index contributed by atoms with van der Waals surface area (Å²) in [5, 5.41) is 0. The quantitative estimate of drug-likeness (QED) is 0.265. The molecule has 21 heteroatoms. The van der Waals surface area contributed by atoms with E-state index in [0.717, 1.165) is 0 Å². The van der Waals surface area contributed by atoms with Crippen LogP contribution >= 0.6 is 7.60 Å². The van der Waals surface area contributed by atoms with E-state index in [1.165, 1.54) is 0 Å². The third-order valence-electron chi connectivity index (χ3n) is 3.73. The van der Waals surface area contributed by atoms with Crippen LogP contribution in [0.2, 0.25) is 0 Å². The van der Waals surface area contributed by atoms with E-state index >= 15 is 0 Å². The molecule has 0 bridgehead atoms. The molecule has 0 aliphatic heterocycles. The van der Waals surface area contributed by atoms with E-state index in [0.29, 0.717) is 0 Å². The number of hydrogen-bond donors (Lipinski definition) is 2. The number of halogens is 17. The molecule has 0 saturated heterocycles. The molecule has 0 spiro atoms. The van der Waals surface area contributed by atoms with Gasteiger partial charge in [-0.25, -0.2) is 0 Å². The summed E-state index contributed by atoms with van der Waals surface area (Å²) in [5.74, 6) is -57.0. The highest BCUT2D eigenvalue weighted by Gasteiger charge is 2.95. The summed E-state index contributed by atoms with van der Waals surface area (Å²) in [6.07, 6.45) is -14.3. The van der Waals surface area contributed by atoms with Crippen molar-refractivity contribution in [1.29, 1.82) is 0 Å². The first kappa shape index (κ1) is 31.0. The highest BCUT2D eigenvalue weighted by molar-refractivity contribution is 7.51. The van der Waals surface area contributed by atoms with Crippen molar-refractivity contribution < 1.29 is 89.0 Å². The van der Waals surface area contributed by atoms with E-state index in [-0.39, 0.29) is 0 Å². The topological polar surface area (TPSA) is 57.5 Å². The lowest BCUT2D eigenvalue weighted by atomic mass is 9.88. The number of rotatable bonds is 10. The zero-order valence-corrected chi connectivity index (χ0v) is 15.2. The van der Waals surface area contributed by atoms with Gasteiger partial charge in [0, 0.05) is 6.42 Å². The first-order chi connectivity index (χ1) is 13.5. The molecule has 0 unspecified atom stereocenters. The van der Waals surface area contributed by atoms with Crippen molar-refractivity contribution >= 4 is 7.60 Å². The van der Waals surface area contributed by atoms with Crippen molar-refractivity contribution in [2.45, 2.75) is 60.5 Å². The summed E-state index contributed by atoms with van der Waals surface area (Å²) >= 11 is 0. The SMILES string of the molecule is O=P(O)(O)CCCC(F)(F)C(F)(F)C(F)(F)C(F)(F)C(F)(F)C(F)(F)C(F)(F)C(F)(F)F. The molecule has 0 rings (SSSR count). The van der Waals surface area contributed by atoms with Crippen LogP contribution in [0.5, 0.6) is 0 Å². The first-order valence-electron chi connectivity index (χ1n) is 7.22. The van der Waals surface area contributed by atoms with Crippen LogP contribution in [-0.4, -0.2) is 63.6 Å². The maximum Gasteiger partial charge on any atom is 0.460 e. The van der Waals surface area contributed by atoms with E-state index < -0.39 is 74.2 Å². The van der Waals surface area contributed by atoms with Gasteiger partial charge in [-0.05, 0) is 6.42 Å². The Hall–Kier alpha value is -1.04. The number of alkyl halides is 17. The van der Waals surface area contributed by atoms with Gasteiger partial charge in [-0.3, -0.25) is 4.57 Å². The molecule has 32 heavy (non-hydrogen) atoms. The van der Waals surface area contributed by atoms with Gasteiger partial charge in [0.05, 0.1) is 6.16 Å². The molecule has 0 saturated carbocycles. The Balaban J connectivity index is 6.44. The van der Waals surface area contributed by atoms with E-state index in [9.17, 15) is 79.2 Å². The van der Waals surface area contributed by atoms with Gasteiger partial charge in [0.25, 0.3) is 0 Å². The van der Waals surface area contributed by atoms with Gasteiger partial charge in [-0.15, -0.1) is 0 Å². The molecule has 0 aliphatic rings. The lowest BCUT2D eigenvalue weighted by Gasteiger charge is -2.42. The minimum Gasteiger partial charge on any atom is -0.324 e. The summed E-state index contributed by atoms with van der Waals surface area (Å²) < 4.78 is 230. The Kier molecular flexibility index (Phi) is 7.76. The molecule has 0 atom stereocenters. The van der Waals surface area contributed by atoms with Gasteiger partial charge in [-0.1, -0.05) is 0 Å². The van der Waals surface area contributed by atoms with Gasteiger partial charge >= 0.3 is 55.2 Å². The molecule has 3 nitrogen and oxygen atoms in total. The van der Waals surface area contributed by atoms with Crippen molar-refractivity contribution in [1.82, 2.24) is 0 Å². The lowest BCUT2D eigenvalue weighted by molar-refractivity contribution is -0.461. The van der Waals surface area contributed by atoms with Crippen molar-refractivity contribution in [3.05, 3.63) is 0 Å². The molecule has 0 amide bonds. The summed E-state index contributed by atoms with van der Waals surface area (Å²) in [6, 6.07) is 0. The van der Waals surface area contributed by atoms with Gasteiger partial charge in [-0.2, -0.15) is 74.6 Å². The summed E-state index contributed by atoms with van der Waals surface area (Å²) in [6.45, 7) is 0. The molecule has 0 aromatic rings. The molecule has 0 aromatic heterocycles. The second kappa shape index (κ2) is 8.02. The fraction of sp³-hybridized carbons (Fsp3) is 1.00. The normalized spacial score (nSPS) is 16.5. The van der Waals surface area contributed by atoms with Crippen LogP contribution in [-0.2, 0) is 4.57 Å². The molecular formula is C11H8F17O3P. The maximum absolute atomic E-state index is 13.4. The van der Waals surface area contributed by atoms with Gasteiger partial charge in [0.15, 0.2) is 0 Å². The Labute approximate surface area is 164 Å². The average Bonchev–Trinajstić information content (AvgIpc) is 2.50. The van der Waals surface area contributed by atoms with Crippen molar-refractivity contribution in [2.75, 3.05) is 6.16 Å². The zero-order valence-electron chi connectivity index (χ0n) is 14.3. The molecule has 194 valence electrons. The Morgan fingerprint density at radius 2 is 0.781 bits per heavy atom. The second-order valence-corrected chi connectivity index (χ2v) is 7.92. The molecule has 0 radical (unpaired) electrons. The van der Waals surface area contributed by atoms with E-state index in [4.69, 9.17) is 9.79 Å². The van der Waals surface area contributed by atoms with E-state index in [1.54, 1.807) is 0 Å². The van der Waals surface area contributed by atoms with Crippen LogP contribution in [0.25, 0.3) is 0 Å². The fourth-order valence-corrected chi connectivity index (χ4v) is 2.43. The zero-order chi connectivity index (χ0) is 26.6. The summed E-state index contributed by atoms with van der Waals surface area (Å²) in [5.41, 5.74) is 0. The third-order valence-corrected chi connectivity index (χ3v) is 4.63. The molecule has 0 aromatic carbocycles. The minimum atomic E-state index is -8.70. The predicted octanol–water partition coefficient (Wildman–Crippen LogP) is 5.95. The Bertz CT molecular complexity index is 722. The standard InChI is InChI=1S/C11H8F17O3P/c12-4(13,2-1-3-32(29,30)31)5(14,15)6(16,17)7(18,19)8(20,21)9(22,23)10(24,25)11(26,27)28/h1-3H2,(H2,29,30,31). The van der Waals surface area contributed by atoms with Crippen molar-refractivity contribution in [3.63, 3.8) is 0 Å². The van der Waals surface area contributed by atoms with Crippen LogP contribution in [0.4, 0.5) is 74.6 Å². The van der Waals surface area contributed by atoms with Crippen molar-refractivity contribution in [3.8, 4) is 0 Å². The molecular weight excluding hydrogens is 534 g/mol. The van der Waals surface area contributed by atoms with Gasteiger partial charge < -0.3 is 9.79 Å². The first-order valence-corrected chi connectivity index (χ1v) is 9.01. The third kappa shape index (κ3) is 4.63. The van der Waals surface area contributed by atoms with Crippen LogP contribution in [0.1, 0.15) is 12.8 Å². The minimum absolute atomic E-state index is 1.77. The highest BCUT2D eigenvalue weighted by Crippen LogP contribution is 2.64. The summed E-state index contributed by atoms with van der Waals surface area (Å²) in [4.78, 5) is 16.6. The number of hydrogen-bond acceptors (Lipinski definition) is 1. The van der Waals surface area contributed by atoms with E-state index in [2.05, 4.69) is 0 Å². The monoisotopic (exact) mass is 542 g/mol. The molecule has 0 aliphatic carbocycles. The lowest BCUT2D eigenvalue weighted by Crippen LogP contribution is -2.74. The highest BCUT2D eigenvalue weighted by atomic mass is 31.2. The molecule has 2 N–H and O–H groups in total. The van der Waals surface area contributed by atoms with Crippen LogP contribution in [0.15, 0.2) is 0 Å². The average molecular weight is 542 g/mol. The Morgan fingerprint density at radius 3 is 1.06 bits per heavy atom. The largest absolute Gasteiger partial charge is 0.460 e. The van der Waals surface area contributed by atoms with Crippen LogP contribution in [0.3, 0.4) is 0 Å². The predicted molar refractivity (Wildman–Crippen MR) is 66.8 cm³/mol. The van der Waals surface area contributed by atoms with Gasteiger partial charge in [0.1, 0.15) is 0 Å². The van der Waals surface area contributed by atoms with Gasteiger partial charge in [0.2, 0.25) is 0 Å². The maximum atomic E-state index is 13.4. The smallest absolute Gasteiger partial charge is 0.324 e. The summed E-state index contributed by atoms with van der Waals surface area (Å²) in [7, 11) is -5.28. The van der Waals surface area contributed by atoms with Crippen molar-refractivity contribution in [2.24, 2.45) is 0 Å². The Morgan fingerprint density at radius 1 is 0.500 bits per heavy atom. The van der Waals surface area contributed by atoms with Crippen LogP contribution < -0.4 is 0 Å².